The molecule has 0 amide bonds. The Hall–Kier alpha value is -2.61. The molecule has 0 spiro atoms. The van der Waals surface area contributed by atoms with E-state index in [0.717, 1.165) is 30.0 Å². The lowest BCUT2D eigenvalue weighted by Gasteiger charge is -2.09. The molecule has 0 atom stereocenters. The molecule has 24 heavy (non-hydrogen) atoms. The minimum atomic E-state index is -4.80. The number of phenols is 1. The van der Waals surface area contributed by atoms with Crippen molar-refractivity contribution >= 4 is 23.4 Å². The molecule has 0 aliphatic rings. The van der Waals surface area contributed by atoms with Crippen LogP contribution in [0, 0.1) is 0 Å². The Labute approximate surface area is 141 Å². The normalized spacial score (nSPS) is 11.5. The predicted molar refractivity (Wildman–Crippen MR) is 88.3 cm³/mol. The van der Waals surface area contributed by atoms with Crippen LogP contribution in [0.2, 0.25) is 0 Å². The van der Waals surface area contributed by atoms with Gasteiger partial charge in [-0.2, -0.15) is 5.10 Å². The van der Waals surface area contributed by atoms with Crippen molar-refractivity contribution in [1.29, 1.82) is 0 Å². The van der Waals surface area contributed by atoms with Crippen LogP contribution in [0.15, 0.2) is 53.6 Å². The van der Waals surface area contributed by atoms with Crippen LogP contribution in [-0.4, -0.2) is 22.7 Å². The molecule has 2 rings (SSSR count). The van der Waals surface area contributed by atoms with Gasteiger partial charge in [-0.1, -0.05) is 42.5 Å². The average Bonchev–Trinajstić information content (AvgIpc) is 2.50. The number of alkyl halides is 3. The van der Waals surface area contributed by atoms with Crippen LogP contribution in [0.4, 0.5) is 13.2 Å². The molecule has 0 aliphatic heterocycles. The largest absolute Gasteiger partial charge is 0.573 e. The summed E-state index contributed by atoms with van der Waals surface area (Å²) in [5.41, 5.74) is 3.66. The molecule has 2 aromatic rings. The van der Waals surface area contributed by atoms with Crippen molar-refractivity contribution in [3.8, 4) is 11.5 Å². The molecule has 0 heterocycles. The summed E-state index contributed by atoms with van der Waals surface area (Å²) in [6, 6.07) is 12.6. The van der Waals surface area contributed by atoms with Crippen molar-refractivity contribution in [1.82, 2.24) is 5.43 Å². The van der Waals surface area contributed by atoms with Crippen LogP contribution in [0.5, 0.6) is 11.5 Å². The van der Waals surface area contributed by atoms with E-state index in [2.05, 4.69) is 15.3 Å². The highest BCUT2D eigenvalue weighted by molar-refractivity contribution is 7.80. The number of ether oxygens (including phenoxy) is 1. The van der Waals surface area contributed by atoms with E-state index in [9.17, 15) is 18.3 Å². The molecule has 4 nitrogen and oxygen atoms in total. The first kappa shape index (κ1) is 17.7. The molecule has 8 heteroatoms. The highest BCUT2D eigenvalue weighted by Gasteiger charge is 2.31. The second-order valence-corrected chi connectivity index (χ2v) is 5.22. The summed E-state index contributed by atoms with van der Waals surface area (Å²) in [5, 5.41) is 13.5. The molecule has 0 unspecified atom stereocenters. The number of halogens is 3. The topological polar surface area (TPSA) is 53.9 Å². The first-order valence-electron chi connectivity index (χ1n) is 6.78. The number of hydrogen-bond acceptors (Lipinski definition) is 4. The summed E-state index contributed by atoms with van der Waals surface area (Å²) < 4.78 is 40.4. The van der Waals surface area contributed by atoms with E-state index in [1.54, 1.807) is 0 Å². The van der Waals surface area contributed by atoms with E-state index in [1.807, 2.05) is 30.3 Å². The fourth-order valence-corrected chi connectivity index (χ4v) is 2.05. The van der Waals surface area contributed by atoms with Crippen LogP contribution >= 0.6 is 12.2 Å². The molecular weight excluding hydrogens is 341 g/mol. The van der Waals surface area contributed by atoms with Crippen LogP contribution < -0.4 is 10.2 Å². The first-order chi connectivity index (χ1) is 11.3. The molecule has 0 radical (unpaired) electrons. The Bertz CT molecular complexity index is 734. The zero-order chi connectivity index (χ0) is 17.6. The third-order valence-electron chi connectivity index (χ3n) is 2.83. The van der Waals surface area contributed by atoms with Gasteiger partial charge >= 0.3 is 6.36 Å². The van der Waals surface area contributed by atoms with E-state index >= 15 is 0 Å². The van der Waals surface area contributed by atoms with Gasteiger partial charge in [0.05, 0.1) is 6.21 Å². The van der Waals surface area contributed by atoms with E-state index in [1.165, 1.54) is 0 Å². The SMILES string of the molecule is Oc1ccc(OC(F)(F)F)cc1/C=N/NC(=S)Cc1ccccc1. The van der Waals surface area contributed by atoms with Crippen LogP contribution in [0.1, 0.15) is 11.1 Å². The van der Waals surface area contributed by atoms with Gasteiger partial charge in [0.25, 0.3) is 0 Å². The Balaban J connectivity index is 1.98. The number of aromatic hydroxyl groups is 1. The zero-order valence-corrected chi connectivity index (χ0v) is 13.1. The lowest BCUT2D eigenvalue weighted by atomic mass is 10.1. The maximum absolute atomic E-state index is 12.2. The Morgan fingerprint density at radius 1 is 1.21 bits per heavy atom. The van der Waals surface area contributed by atoms with Crippen molar-refractivity contribution in [2.45, 2.75) is 12.8 Å². The smallest absolute Gasteiger partial charge is 0.507 e. The molecule has 0 saturated heterocycles. The zero-order valence-electron chi connectivity index (χ0n) is 12.2. The van der Waals surface area contributed by atoms with Crippen LogP contribution in [0.25, 0.3) is 0 Å². The van der Waals surface area contributed by atoms with Gasteiger partial charge in [-0.15, -0.1) is 13.2 Å². The van der Waals surface area contributed by atoms with Crippen molar-refractivity contribution in [2.24, 2.45) is 5.10 Å². The highest BCUT2D eigenvalue weighted by atomic mass is 32.1. The van der Waals surface area contributed by atoms with Gasteiger partial charge < -0.3 is 9.84 Å². The molecule has 0 fully saturated rings. The van der Waals surface area contributed by atoms with Gasteiger partial charge in [0.15, 0.2) is 0 Å². The third-order valence-corrected chi connectivity index (χ3v) is 3.07. The molecule has 2 aromatic carbocycles. The number of hydrazone groups is 1. The summed E-state index contributed by atoms with van der Waals surface area (Å²) >= 11 is 5.12. The molecule has 0 aliphatic carbocycles. The van der Waals surface area contributed by atoms with Crippen molar-refractivity contribution in [2.75, 3.05) is 0 Å². The minimum absolute atomic E-state index is 0.0618. The Morgan fingerprint density at radius 2 is 1.92 bits per heavy atom. The summed E-state index contributed by atoms with van der Waals surface area (Å²) in [4.78, 5) is 0.430. The Kier molecular flexibility index (Phi) is 5.75. The maximum Gasteiger partial charge on any atom is 0.573 e. The lowest BCUT2D eigenvalue weighted by molar-refractivity contribution is -0.274. The molecule has 0 aromatic heterocycles. The molecule has 2 N–H and O–H groups in total. The number of nitrogens with zero attached hydrogens (tertiary/aromatic N) is 1. The molecule has 0 bridgehead atoms. The fraction of sp³-hybridized carbons (Fsp3) is 0.125. The van der Waals surface area contributed by atoms with Gasteiger partial charge in [0.1, 0.15) is 16.5 Å². The molecular formula is C16H13F3N2O2S. The number of rotatable bonds is 5. The van der Waals surface area contributed by atoms with Gasteiger partial charge in [-0.05, 0) is 23.8 Å². The van der Waals surface area contributed by atoms with E-state index < -0.39 is 12.1 Å². The minimum Gasteiger partial charge on any atom is -0.507 e. The van der Waals surface area contributed by atoms with Gasteiger partial charge in [0.2, 0.25) is 0 Å². The summed E-state index contributed by atoms with van der Waals surface area (Å²) in [6.45, 7) is 0. The fourth-order valence-electron chi connectivity index (χ4n) is 1.83. The summed E-state index contributed by atoms with van der Waals surface area (Å²) in [5.74, 6) is -0.683. The van der Waals surface area contributed by atoms with Gasteiger partial charge in [0, 0.05) is 12.0 Å². The maximum atomic E-state index is 12.2. The quantitative estimate of drug-likeness (QED) is 0.487. The number of phenolic OH excluding ortho intramolecular Hbond substituents is 1. The van der Waals surface area contributed by atoms with Gasteiger partial charge in [-0.3, -0.25) is 5.43 Å². The van der Waals surface area contributed by atoms with Gasteiger partial charge in [-0.25, -0.2) is 0 Å². The Morgan fingerprint density at radius 3 is 2.58 bits per heavy atom. The molecule has 126 valence electrons. The number of hydrogen-bond donors (Lipinski definition) is 2. The predicted octanol–water partition coefficient (Wildman–Crippen LogP) is 3.78. The van der Waals surface area contributed by atoms with Crippen LogP contribution in [-0.2, 0) is 6.42 Å². The number of nitrogens with one attached hydrogen (secondary N) is 1. The number of benzene rings is 2. The van der Waals surface area contributed by atoms with Crippen molar-refractivity contribution in [3.05, 3.63) is 59.7 Å². The van der Waals surface area contributed by atoms with Crippen molar-refractivity contribution < 1.29 is 23.0 Å². The van der Waals surface area contributed by atoms with Crippen LogP contribution in [0.3, 0.4) is 0 Å². The summed E-state index contributed by atoms with van der Waals surface area (Å²) in [7, 11) is 0. The van der Waals surface area contributed by atoms with Crippen molar-refractivity contribution in [3.63, 3.8) is 0 Å². The lowest BCUT2D eigenvalue weighted by Crippen LogP contribution is -2.18. The second-order valence-electron chi connectivity index (χ2n) is 4.72. The number of thiocarbonyl (C=S) groups is 1. The summed E-state index contributed by atoms with van der Waals surface area (Å²) in [6.07, 6.45) is -3.17. The van der Waals surface area contributed by atoms with E-state index in [0.29, 0.717) is 11.4 Å². The average molecular weight is 354 g/mol. The molecule has 0 saturated carbocycles. The van der Waals surface area contributed by atoms with E-state index in [-0.39, 0.29) is 11.3 Å². The van der Waals surface area contributed by atoms with E-state index in [4.69, 9.17) is 12.2 Å². The second kappa shape index (κ2) is 7.78. The first-order valence-corrected chi connectivity index (χ1v) is 7.19. The third kappa shape index (κ3) is 5.88. The highest BCUT2D eigenvalue weighted by Crippen LogP contribution is 2.26. The monoisotopic (exact) mass is 354 g/mol. The standard InChI is InChI=1S/C16H13F3N2O2S/c17-16(18,19)23-13-6-7-14(22)12(9-13)10-20-21-15(24)8-11-4-2-1-3-5-11/h1-7,9-10,22H,8H2,(H,21,24)/b20-10+.